The maximum Gasteiger partial charge on any atom is 0.0437 e. The maximum atomic E-state index is 6.46. The summed E-state index contributed by atoms with van der Waals surface area (Å²) < 4.78 is 2.64. The Hall–Kier alpha value is -0.760. The highest BCUT2D eigenvalue weighted by Gasteiger charge is 2.37. The van der Waals surface area contributed by atoms with Crippen molar-refractivity contribution in [2.24, 2.45) is 11.1 Å². The van der Waals surface area contributed by atoms with E-state index in [1.807, 2.05) is 0 Å². The standard InChI is InChI=1S/C18H32N2/c1-7-18(8-2,9-3)20-13(4)10-14-15(19)11-17(5,6)12-16(14)20/h10,15H,7-9,11-12,19H2,1-6H3. The van der Waals surface area contributed by atoms with Gasteiger partial charge in [0, 0.05) is 23.0 Å². The Balaban J connectivity index is 2.62. The molecule has 0 saturated heterocycles. The molecule has 2 heteroatoms. The Bertz CT molecular complexity index is 470. The average Bonchev–Trinajstić information content (AvgIpc) is 2.69. The minimum Gasteiger partial charge on any atom is -0.343 e. The van der Waals surface area contributed by atoms with E-state index < -0.39 is 0 Å². The smallest absolute Gasteiger partial charge is 0.0437 e. The molecule has 1 aromatic heterocycles. The molecule has 114 valence electrons. The molecular weight excluding hydrogens is 244 g/mol. The molecule has 1 aromatic rings. The minimum atomic E-state index is 0.206. The second kappa shape index (κ2) is 5.22. The second-order valence-corrected chi connectivity index (χ2v) is 7.46. The van der Waals surface area contributed by atoms with Gasteiger partial charge < -0.3 is 10.3 Å². The van der Waals surface area contributed by atoms with E-state index in [4.69, 9.17) is 5.73 Å². The van der Waals surface area contributed by atoms with E-state index in [1.165, 1.54) is 36.2 Å². The van der Waals surface area contributed by atoms with Crippen LogP contribution in [0.5, 0.6) is 0 Å². The lowest BCUT2D eigenvalue weighted by atomic mass is 9.74. The van der Waals surface area contributed by atoms with Crippen LogP contribution in [0.2, 0.25) is 0 Å². The SMILES string of the molecule is CCC(CC)(CC)n1c(C)cc2c1CC(C)(C)CC2N. The van der Waals surface area contributed by atoms with Crippen LogP contribution in [0.3, 0.4) is 0 Å². The van der Waals surface area contributed by atoms with Crippen molar-refractivity contribution in [3.05, 3.63) is 23.0 Å². The van der Waals surface area contributed by atoms with Crippen molar-refractivity contribution in [2.45, 2.75) is 85.2 Å². The number of aromatic nitrogens is 1. The molecule has 0 aromatic carbocycles. The Kier molecular flexibility index (Phi) is 4.07. The molecule has 0 saturated carbocycles. The van der Waals surface area contributed by atoms with Crippen molar-refractivity contribution < 1.29 is 0 Å². The molecule has 0 aliphatic heterocycles. The average molecular weight is 276 g/mol. The third-order valence-corrected chi connectivity index (χ3v) is 5.59. The summed E-state index contributed by atoms with van der Waals surface area (Å²) in [5.74, 6) is 0. The van der Waals surface area contributed by atoms with Gasteiger partial charge >= 0.3 is 0 Å². The third-order valence-electron chi connectivity index (χ3n) is 5.59. The van der Waals surface area contributed by atoms with Crippen LogP contribution in [0.15, 0.2) is 6.07 Å². The first kappa shape index (κ1) is 15.6. The lowest BCUT2D eigenvalue weighted by Crippen LogP contribution is -2.37. The molecule has 1 atom stereocenters. The van der Waals surface area contributed by atoms with Crippen LogP contribution in [0.1, 0.15) is 83.3 Å². The van der Waals surface area contributed by atoms with Crippen molar-refractivity contribution in [3.8, 4) is 0 Å². The predicted molar refractivity (Wildman–Crippen MR) is 87.0 cm³/mol. The van der Waals surface area contributed by atoms with Gasteiger partial charge in [-0.3, -0.25) is 0 Å². The molecule has 20 heavy (non-hydrogen) atoms. The molecular formula is C18H32N2. The van der Waals surface area contributed by atoms with Gasteiger partial charge in [-0.25, -0.2) is 0 Å². The highest BCUT2D eigenvalue weighted by Crippen LogP contribution is 2.44. The van der Waals surface area contributed by atoms with Crippen molar-refractivity contribution in [1.82, 2.24) is 4.57 Å². The van der Waals surface area contributed by atoms with E-state index in [9.17, 15) is 0 Å². The van der Waals surface area contributed by atoms with Gasteiger partial charge in [-0.1, -0.05) is 34.6 Å². The topological polar surface area (TPSA) is 30.9 Å². The van der Waals surface area contributed by atoms with Gasteiger partial charge in [0.1, 0.15) is 0 Å². The molecule has 2 nitrogen and oxygen atoms in total. The zero-order valence-electron chi connectivity index (χ0n) is 14.2. The first-order chi connectivity index (χ1) is 9.30. The van der Waals surface area contributed by atoms with E-state index in [2.05, 4.69) is 52.2 Å². The normalized spacial score (nSPS) is 21.9. The summed E-state index contributed by atoms with van der Waals surface area (Å²) in [6.07, 6.45) is 5.83. The van der Waals surface area contributed by atoms with Crippen LogP contribution in [-0.2, 0) is 12.0 Å². The summed E-state index contributed by atoms with van der Waals surface area (Å²) in [7, 11) is 0. The molecule has 0 fully saturated rings. The fraction of sp³-hybridized carbons (Fsp3) is 0.778. The quantitative estimate of drug-likeness (QED) is 0.849. The number of nitrogens with zero attached hydrogens (tertiary/aromatic N) is 1. The summed E-state index contributed by atoms with van der Waals surface area (Å²) in [5.41, 5.74) is 11.4. The summed E-state index contributed by atoms with van der Waals surface area (Å²) in [6.45, 7) is 13.9. The Morgan fingerprint density at radius 1 is 1.25 bits per heavy atom. The maximum absolute atomic E-state index is 6.46. The lowest BCUT2D eigenvalue weighted by Gasteiger charge is -2.40. The fourth-order valence-electron chi connectivity index (χ4n) is 4.33. The summed E-state index contributed by atoms with van der Waals surface area (Å²) in [4.78, 5) is 0. The summed E-state index contributed by atoms with van der Waals surface area (Å²) in [6, 6.07) is 2.56. The van der Waals surface area contributed by atoms with Crippen LogP contribution in [-0.4, -0.2) is 4.57 Å². The summed E-state index contributed by atoms with van der Waals surface area (Å²) in [5, 5.41) is 0. The van der Waals surface area contributed by atoms with E-state index in [-0.39, 0.29) is 11.6 Å². The van der Waals surface area contributed by atoms with Crippen LogP contribution in [0, 0.1) is 12.3 Å². The van der Waals surface area contributed by atoms with Gasteiger partial charge in [-0.15, -0.1) is 0 Å². The first-order valence-corrected chi connectivity index (χ1v) is 8.27. The van der Waals surface area contributed by atoms with E-state index in [0.717, 1.165) is 12.8 Å². The largest absolute Gasteiger partial charge is 0.343 e. The lowest BCUT2D eigenvalue weighted by molar-refractivity contribution is 0.216. The van der Waals surface area contributed by atoms with Gasteiger partial charge in [0.25, 0.3) is 0 Å². The molecule has 2 N–H and O–H groups in total. The van der Waals surface area contributed by atoms with Crippen LogP contribution < -0.4 is 5.73 Å². The van der Waals surface area contributed by atoms with Crippen LogP contribution >= 0.6 is 0 Å². The third kappa shape index (κ3) is 2.32. The van der Waals surface area contributed by atoms with E-state index in [1.54, 1.807) is 0 Å². The van der Waals surface area contributed by atoms with Gasteiger partial charge in [0.05, 0.1) is 0 Å². The molecule has 2 rings (SSSR count). The van der Waals surface area contributed by atoms with Crippen LogP contribution in [0.25, 0.3) is 0 Å². The molecule has 1 unspecified atom stereocenters. The van der Waals surface area contributed by atoms with Gasteiger partial charge in [0.2, 0.25) is 0 Å². The number of hydrogen-bond acceptors (Lipinski definition) is 1. The van der Waals surface area contributed by atoms with Crippen molar-refractivity contribution in [1.29, 1.82) is 0 Å². The molecule has 0 spiro atoms. The van der Waals surface area contributed by atoms with Gasteiger partial charge in [-0.2, -0.15) is 0 Å². The zero-order valence-corrected chi connectivity index (χ0v) is 14.2. The molecule has 0 radical (unpaired) electrons. The second-order valence-electron chi connectivity index (χ2n) is 7.46. The monoisotopic (exact) mass is 276 g/mol. The number of nitrogens with two attached hydrogens (primary N) is 1. The number of rotatable bonds is 4. The van der Waals surface area contributed by atoms with E-state index >= 15 is 0 Å². The number of hydrogen-bond donors (Lipinski definition) is 1. The van der Waals surface area contributed by atoms with Crippen molar-refractivity contribution in [3.63, 3.8) is 0 Å². The predicted octanol–water partition coefficient (Wildman–Crippen LogP) is 4.69. The number of aryl methyl sites for hydroxylation is 1. The highest BCUT2D eigenvalue weighted by molar-refractivity contribution is 5.35. The Morgan fingerprint density at radius 2 is 1.80 bits per heavy atom. The van der Waals surface area contributed by atoms with Crippen molar-refractivity contribution >= 4 is 0 Å². The molecule has 0 amide bonds. The zero-order chi connectivity index (χ0) is 15.1. The minimum absolute atomic E-state index is 0.206. The number of fused-ring (bicyclic) bond motifs is 1. The van der Waals surface area contributed by atoms with Gasteiger partial charge in [-0.05, 0) is 56.1 Å². The van der Waals surface area contributed by atoms with Crippen LogP contribution in [0.4, 0.5) is 0 Å². The molecule has 1 aliphatic carbocycles. The fourth-order valence-corrected chi connectivity index (χ4v) is 4.33. The molecule has 1 aliphatic rings. The Morgan fingerprint density at radius 3 is 2.30 bits per heavy atom. The summed E-state index contributed by atoms with van der Waals surface area (Å²) >= 11 is 0. The van der Waals surface area contributed by atoms with E-state index in [0.29, 0.717) is 5.41 Å². The Labute approximate surface area is 124 Å². The first-order valence-electron chi connectivity index (χ1n) is 8.27. The van der Waals surface area contributed by atoms with Crippen molar-refractivity contribution in [2.75, 3.05) is 0 Å². The molecule has 1 heterocycles. The highest BCUT2D eigenvalue weighted by atomic mass is 15.1. The molecule has 0 bridgehead atoms. The van der Waals surface area contributed by atoms with Gasteiger partial charge in [0.15, 0.2) is 0 Å².